The van der Waals surface area contributed by atoms with E-state index in [9.17, 15) is 8.42 Å². The Morgan fingerprint density at radius 1 is 1.16 bits per heavy atom. The van der Waals surface area contributed by atoms with Gasteiger partial charge in [-0.3, -0.25) is 0 Å². The highest BCUT2D eigenvalue weighted by atomic mass is 32.2. The second-order valence-electron chi connectivity index (χ2n) is 5.49. The van der Waals surface area contributed by atoms with Crippen LogP contribution < -0.4 is 4.83 Å². The maximum Gasteiger partial charge on any atom is 0.276 e. The molecule has 1 N–H and O–H groups in total. The molecule has 2 atom stereocenters. The third kappa shape index (κ3) is 2.39. The van der Waals surface area contributed by atoms with Gasteiger partial charge in [-0.05, 0) is 50.7 Å². The van der Waals surface area contributed by atoms with E-state index in [1.807, 2.05) is 6.92 Å². The molecular weight excluding hydrogens is 260 g/mol. The van der Waals surface area contributed by atoms with Gasteiger partial charge in [0.05, 0.1) is 4.90 Å². The standard InChI is InChI=1S/C14H18N2O2S/c1-10-2-6-12(7-3-10)19(17,18)16-15-14-9-5-11-4-8-13(11)14/h2-3,6-7,11,13,16H,4-5,8-9H2,1H3/b15-14+. The third-order valence-corrected chi connectivity index (χ3v) is 5.48. The monoisotopic (exact) mass is 278 g/mol. The van der Waals surface area contributed by atoms with E-state index in [2.05, 4.69) is 9.93 Å². The van der Waals surface area contributed by atoms with Crippen LogP contribution in [0.4, 0.5) is 0 Å². The van der Waals surface area contributed by atoms with Crippen molar-refractivity contribution >= 4 is 15.7 Å². The largest absolute Gasteiger partial charge is 0.276 e. The smallest absolute Gasteiger partial charge is 0.200 e. The zero-order chi connectivity index (χ0) is 13.5. The van der Waals surface area contributed by atoms with Crippen LogP contribution in [0.3, 0.4) is 0 Å². The number of hydrogen-bond donors (Lipinski definition) is 1. The molecule has 2 aliphatic rings. The first-order valence-corrected chi connectivity index (χ1v) is 8.19. The van der Waals surface area contributed by atoms with Crippen molar-refractivity contribution in [3.8, 4) is 0 Å². The van der Waals surface area contributed by atoms with Gasteiger partial charge in [0.1, 0.15) is 0 Å². The maximum absolute atomic E-state index is 12.1. The quantitative estimate of drug-likeness (QED) is 0.863. The number of fused-ring (bicyclic) bond motifs is 1. The topological polar surface area (TPSA) is 58.5 Å². The van der Waals surface area contributed by atoms with E-state index >= 15 is 0 Å². The van der Waals surface area contributed by atoms with Crippen LogP contribution in [0.1, 0.15) is 31.2 Å². The van der Waals surface area contributed by atoms with Gasteiger partial charge in [0.2, 0.25) is 0 Å². The Bertz CT molecular complexity index is 605. The number of aryl methyl sites for hydroxylation is 1. The summed E-state index contributed by atoms with van der Waals surface area (Å²) < 4.78 is 24.2. The molecule has 1 aromatic rings. The lowest BCUT2D eigenvalue weighted by Crippen LogP contribution is -2.27. The normalized spacial score (nSPS) is 27.9. The van der Waals surface area contributed by atoms with Crippen molar-refractivity contribution < 1.29 is 8.42 Å². The first-order valence-electron chi connectivity index (χ1n) is 6.71. The van der Waals surface area contributed by atoms with Gasteiger partial charge in [0.15, 0.2) is 0 Å². The van der Waals surface area contributed by atoms with Gasteiger partial charge in [0.25, 0.3) is 10.0 Å². The van der Waals surface area contributed by atoms with Crippen molar-refractivity contribution in [2.45, 2.75) is 37.5 Å². The number of benzene rings is 1. The summed E-state index contributed by atoms with van der Waals surface area (Å²) in [7, 11) is -3.52. The molecule has 2 unspecified atom stereocenters. The molecule has 2 fully saturated rings. The summed E-state index contributed by atoms with van der Waals surface area (Å²) in [5.74, 6) is 1.28. The average molecular weight is 278 g/mol. The van der Waals surface area contributed by atoms with Crippen LogP contribution in [-0.4, -0.2) is 14.1 Å². The molecule has 0 aromatic heterocycles. The van der Waals surface area contributed by atoms with Crippen molar-refractivity contribution in [1.82, 2.24) is 4.83 Å². The van der Waals surface area contributed by atoms with Gasteiger partial charge in [0, 0.05) is 11.6 Å². The lowest BCUT2D eigenvalue weighted by atomic mass is 9.76. The number of sulfonamides is 1. The minimum absolute atomic E-state index is 0.269. The second-order valence-corrected chi connectivity index (χ2v) is 7.15. The highest BCUT2D eigenvalue weighted by Crippen LogP contribution is 2.44. The molecule has 19 heavy (non-hydrogen) atoms. The molecule has 4 nitrogen and oxygen atoms in total. The van der Waals surface area contributed by atoms with Crippen molar-refractivity contribution in [3.63, 3.8) is 0 Å². The van der Waals surface area contributed by atoms with Crippen LogP contribution in [0.25, 0.3) is 0 Å². The molecule has 2 saturated carbocycles. The highest BCUT2D eigenvalue weighted by molar-refractivity contribution is 7.89. The lowest BCUT2D eigenvalue weighted by Gasteiger charge is -2.29. The summed E-state index contributed by atoms with van der Waals surface area (Å²) in [5, 5.41) is 4.16. The summed E-state index contributed by atoms with van der Waals surface area (Å²) in [6.45, 7) is 1.93. The van der Waals surface area contributed by atoms with E-state index in [0.717, 1.165) is 36.5 Å². The Morgan fingerprint density at radius 3 is 2.47 bits per heavy atom. The Balaban J connectivity index is 1.75. The van der Waals surface area contributed by atoms with Crippen LogP contribution >= 0.6 is 0 Å². The van der Waals surface area contributed by atoms with Gasteiger partial charge in [-0.25, -0.2) is 4.83 Å². The summed E-state index contributed by atoms with van der Waals surface area (Å²) >= 11 is 0. The fourth-order valence-electron chi connectivity index (χ4n) is 2.90. The lowest BCUT2D eigenvalue weighted by molar-refractivity contribution is 0.265. The Labute approximate surface area is 114 Å². The minimum atomic E-state index is -3.52. The average Bonchev–Trinajstić information content (AvgIpc) is 2.62. The summed E-state index contributed by atoms with van der Waals surface area (Å²) in [5.41, 5.74) is 2.07. The highest BCUT2D eigenvalue weighted by Gasteiger charge is 2.39. The number of hydrazone groups is 1. The predicted octanol–water partition coefficient (Wildman–Crippen LogP) is 2.45. The van der Waals surface area contributed by atoms with E-state index in [1.54, 1.807) is 24.3 Å². The molecule has 0 bridgehead atoms. The summed E-state index contributed by atoms with van der Waals surface area (Å²) in [6, 6.07) is 6.80. The molecule has 0 aliphatic heterocycles. The zero-order valence-corrected chi connectivity index (χ0v) is 11.8. The third-order valence-electron chi connectivity index (χ3n) is 4.26. The number of nitrogens with zero attached hydrogens (tertiary/aromatic N) is 1. The summed E-state index contributed by atoms with van der Waals surface area (Å²) in [4.78, 5) is 2.65. The van der Waals surface area contributed by atoms with Gasteiger partial charge < -0.3 is 0 Å². The molecule has 1 aromatic carbocycles. The molecule has 3 rings (SSSR count). The molecule has 0 amide bonds. The molecule has 0 heterocycles. The van der Waals surface area contributed by atoms with E-state index in [4.69, 9.17) is 0 Å². The fourth-order valence-corrected chi connectivity index (χ4v) is 3.74. The first-order chi connectivity index (χ1) is 9.06. The predicted molar refractivity (Wildman–Crippen MR) is 74.4 cm³/mol. The Kier molecular flexibility index (Phi) is 3.09. The number of rotatable bonds is 3. The molecule has 0 saturated heterocycles. The van der Waals surface area contributed by atoms with E-state index < -0.39 is 10.0 Å². The minimum Gasteiger partial charge on any atom is -0.200 e. The summed E-state index contributed by atoms with van der Waals surface area (Å²) in [6.07, 6.45) is 4.53. The zero-order valence-electron chi connectivity index (χ0n) is 11.0. The van der Waals surface area contributed by atoms with Crippen molar-refractivity contribution in [2.24, 2.45) is 16.9 Å². The SMILES string of the molecule is Cc1ccc(S(=O)(=O)N/N=C2\CCC3CCC23)cc1. The van der Waals surface area contributed by atoms with Gasteiger partial charge in [-0.15, -0.1) is 0 Å². The van der Waals surface area contributed by atoms with E-state index in [1.165, 1.54) is 6.42 Å². The first kappa shape index (κ1) is 12.7. The van der Waals surface area contributed by atoms with E-state index in [0.29, 0.717) is 5.92 Å². The molecule has 0 radical (unpaired) electrons. The molecular formula is C14H18N2O2S. The van der Waals surface area contributed by atoms with Gasteiger partial charge in [-0.2, -0.15) is 13.5 Å². The van der Waals surface area contributed by atoms with Crippen LogP contribution in [0, 0.1) is 18.8 Å². The van der Waals surface area contributed by atoms with Crippen LogP contribution in [0.2, 0.25) is 0 Å². The van der Waals surface area contributed by atoms with Gasteiger partial charge >= 0.3 is 0 Å². The molecule has 5 heteroatoms. The van der Waals surface area contributed by atoms with Crippen LogP contribution in [-0.2, 0) is 10.0 Å². The van der Waals surface area contributed by atoms with Gasteiger partial charge in [-0.1, -0.05) is 17.7 Å². The van der Waals surface area contributed by atoms with Crippen molar-refractivity contribution in [2.75, 3.05) is 0 Å². The molecule has 2 aliphatic carbocycles. The van der Waals surface area contributed by atoms with Crippen molar-refractivity contribution in [1.29, 1.82) is 0 Å². The van der Waals surface area contributed by atoms with Crippen LogP contribution in [0.15, 0.2) is 34.3 Å². The maximum atomic E-state index is 12.1. The second kappa shape index (κ2) is 4.63. The molecule has 0 spiro atoms. The van der Waals surface area contributed by atoms with Crippen molar-refractivity contribution in [3.05, 3.63) is 29.8 Å². The number of hydrogen-bond acceptors (Lipinski definition) is 3. The fraction of sp³-hybridized carbons (Fsp3) is 0.500. The molecule has 102 valence electrons. The van der Waals surface area contributed by atoms with Crippen LogP contribution in [0.5, 0.6) is 0 Å². The van der Waals surface area contributed by atoms with E-state index in [-0.39, 0.29) is 4.90 Å². The Hall–Kier alpha value is -1.36. The number of nitrogens with one attached hydrogen (secondary N) is 1. The Morgan fingerprint density at radius 2 is 1.89 bits per heavy atom.